The molecule has 0 aliphatic carbocycles. The Hall–Kier alpha value is -1.48. The van der Waals surface area contributed by atoms with Crippen molar-refractivity contribution in [2.45, 2.75) is 69.0 Å². The predicted molar refractivity (Wildman–Crippen MR) is 97.0 cm³/mol. The van der Waals surface area contributed by atoms with E-state index in [1.165, 1.54) is 23.8 Å². The van der Waals surface area contributed by atoms with Gasteiger partial charge in [0.2, 0.25) is 0 Å². The maximum absolute atomic E-state index is 12.6. The quantitative estimate of drug-likeness (QED) is 0.687. The van der Waals surface area contributed by atoms with Gasteiger partial charge in [-0.15, -0.1) is 11.8 Å². The average Bonchev–Trinajstić information content (AvgIpc) is 3.18. The van der Waals surface area contributed by atoms with Crippen LogP contribution in [0.3, 0.4) is 0 Å². The van der Waals surface area contributed by atoms with E-state index >= 15 is 0 Å². The fourth-order valence-electron chi connectivity index (χ4n) is 3.44. The van der Waals surface area contributed by atoms with Crippen LogP contribution in [0.1, 0.15) is 46.5 Å². The molecule has 3 atom stereocenters. The van der Waals surface area contributed by atoms with Gasteiger partial charge in [0.15, 0.2) is 0 Å². The smallest absolute Gasteiger partial charge is 0.411 e. The zero-order chi connectivity index (χ0) is 19.5. The maximum Gasteiger partial charge on any atom is 0.411 e. The van der Waals surface area contributed by atoms with Crippen molar-refractivity contribution >= 4 is 29.8 Å². The van der Waals surface area contributed by atoms with Gasteiger partial charge in [0.25, 0.3) is 0 Å². The number of carboxylic acid groups (broad SMARTS) is 1. The highest BCUT2D eigenvalue weighted by atomic mass is 32.2. The molecule has 0 radical (unpaired) electrons. The number of ether oxygens (including phenoxy) is 2. The summed E-state index contributed by atoms with van der Waals surface area (Å²) in [4.78, 5) is 37.8. The molecule has 2 fully saturated rings. The van der Waals surface area contributed by atoms with E-state index in [-0.39, 0.29) is 5.37 Å². The molecule has 1 unspecified atom stereocenters. The van der Waals surface area contributed by atoms with Crippen molar-refractivity contribution in [2.75, 3.05) is 19.4 Å². The number of esters is 1. The van der Waals surface area contributed by atoms with E-state index in [9.17, 15) is 14.4 Å². The number of methoxy groups -OCH3 is 1. The summed E-state index contributed by atoms with van der Waals surface area (Å²) >= 11 is 1.52. The second-order valence-corrected chi connectivity index (χ2v) is 8.91. The molecule has 2 saturated heterocycles. The number of hydrogen-bond acceptors (Lipinski definition) is 7. The summed E-state index contributed by atoms with van der Waals surface area (Å²) in [6, 6.07) is -0.579. The lowest BCUT2D eigenvalue weighted by atomic mass is 9.90. The first-order valence-corrected chi connectivity index (χ1v) is 9.83. The lowest BCUT2D eigenvalue weighted by Gasteiger charge is -2.37. The second-order valence-electron chi connectivity index (χ2n) is 7.68. The van der Waals surface area contributed by atoms with Crippen LogP contribution in [0.5, 0.6) is 0 Å². The van der Waals surface area contributed by atoms with Crippen LogP contribution in [-0.4, -0.2) is 70.0 Å². The predicted octanol–water partition coefficient (Wildman–Crippen LogP) is 1.82. The number of thioether (sulfide) groups is 1. The minimum absolute atomic E-state index is 0.0706. The molecular weight excluding hydrogens is 360 g/mol. The van der Waals surface area contributed by atoms with Gasteiger partial charge < -0.3 is 14.6 Å². The van der Waals surface area contributed by atoms with E-state index in [2.05, 4.69) is 5.32 Å². The normalized spacial score (nSPS) is 28.8. The van der Waals surface area contributed by atoms with Crippen LogP contribution in [-0.2, 0) is 19.1 Å². The number of amides is 1. The molecule has 0 saturated carbocycles. The first-order valence-electron chi connectivity index (χ1n) is 8.78. The Balaban J connectivity index is 2.10. The Bertz CT molecular complexity index is 564. The third-order valence-corrected chi connectivity index (χ3v) is 5.94. The standard InChI is InChI=1S/C17H28N2O6S/c1-16(2,3)25-15(23)19-9-5-7-17(19,14(22)24-4)8-6-12-18-11(10-26-12)13(20)21/h11-12,18H,5-10H2,1-4H3,(H,20,21)/t11-,12?,17-/m1/s1. The SMILES string of the molecule is COC(=O)[C@]1(CCC2N[C@@H](C(=O)O)CS2)CCCN1C(=O)OC(C)(C)C. The van der Waals surface area contributed by atoms with Crippen molar-refractivity contribution < 1.29 is 29.0 Å². The summed E-state index contributed by atoms with van der Waals surface area (Å²) in [5, 5.41) is 12.1. The lowest BCUT2D eigenvalue weighted by molar-refractivity contribution is -0.153. The molecule has 2 aliphatic rings. The number of rotatable bonds is 5. The number of hydrogen-bond donors (Lipinski definition) is 2. The molecule has 0 spiro atoms. The van der Waals surface area contributed by atoms with E-state index in [1.807, 2.05) is 0 Å². The number of nitrogens with one attached hydrogen (secondary N) is 1. The Kier molecular flexibility index (Phi) is 6.44. The van der Waals surface area contributed by atoms with E-state index in [0.717, 1.165) is 0 Å². The van der Waals surface area contributed by atoms with Gasteiger partial charge in [0.1, 0.15) is 17.2 Å². The molecule has 2 N–H and O–H groups in total. The van der Waals surface area contributed by atoms with Gasteiger partial charge in [-0.05, 0) is 46.5 Å². The van der Waals surface area contributed by atoms with Gasteiger partial charge >= 0.3 is 18.0 Å². The van der Waals surface area contributed by atoms with E-state index < -0.39 is 35.2 Å². The first-order chi connectivity index (χ1) is 12.1. The van der Waals surface area contributed by atoms with Crippen LogP contribution in [0.15, 0.2) is 0 Å². The van der Waals surface area contributed by atoms with Gasteiger partial charge in [-0.25, -0.2) is 9.59 Å². The van der Waals surface area contributed by atoms with E-state index in [4.69, 9.17) is 14.6 Å². The van der Waals surface area contributed by atoms with Crippen LogP contribution >= 0.6 is 11.8 Å². The van der Waals surface area contributed by atoms with Crippen molar-refractivity contribution in [2.24, 2.45) is 0 Å². The lowest BCUT2D eigenvalue weighted by Crippen LogP contribution is -2.55. The van der Waals surface area contributed by atoms with E-state index in [0.29, 0.717) is 38.0 Å². The molecular formula is C17H28N2O6S. The fraction of sp³-hybridized carbons (Fsp3) is 0.824. The first kappa shape index (κ1) is 20.8. The minimum Gasteiger partial charge on any atom is -0.480 e. The van der Waals surface area contributed by atoms with Crippen LogP contribution in [0, 0.1) is 0 Å². The Morgan fingerprint density at radius 1 is 1.35 bits per heavy atom. The molecule has 2 rings (SSSR count). The summed E-state index contributed by atoms with van der Waals surface area (Å²) < 4.78 is 10.5. The molecule has 9 heteroatoms. The number of aliphatic carboxylic acids is 1. The Labute approximate surface area is 158 Å². The van der Waals surface area contributed by atoms with Gasteiger partial charge in [0.05, 0.1) is 12.5 Å². The molecule has 0 aromatic rings. The van der Waals surface area contributed by atoms with Gasteiger partial charge in [-0.3, -0.25) is 15.0 Å². The van der Waals surface area contributed by atoms with Crippen LogP contribution in [0.2, 0.25) is 0 Å². The van der Waals surface area contributed by atoms with Gasteiger partial charge in [-0.1, -0.05) is 0 Å². The van der Waals surface area contributed by atoms with Crippen molar-refractivity contribution in [1.29, 1.82) is 0 Å². The van der Waals surface area contributed by atoms with E-state index in [1.54, 1.807) is 20.8 Å². The van der Waals surface area contributed by atoms with Crippen molar-refractivity contribution in [3.63, 3.8) is 0 Å². The Morgan fingerprint density at radius 3 is 2.58 bits per heavy atom. The molecule has 1 amide bonds. The Morgan fingerprint density at radius 2 is 2.04 bits per heavy atom. The highest BCUT2D eigenvalue weighted by Gasteiger charge is 2.52. The topological polar surface area (TPSA) is 105 Å². The molecule has 0 aromatic carbocycles. The highest BCUT2D eigenvalue weighted by molar-refractivity contribution is 8.00. The molecule has 8 nitrogen and oxygen atoms in total. The van der Waals surface area contributed by atoms with Crippen molar-refractivity contribution in [3.05, 3.63) is 0 Å². The summed E-state index contributed by atoms with van der Waals surface area (Å²) in [5.74, 6) is -0.835. The number of nitrogens with zero attached hydrogens (tertiary/aromatic N) is 1. The van der Waals surface area contributed by atoms with Crippen molar-refractivity contribution in [3.8, 4) is 0 Å². The number of likely N-dealkylation sites (tertiary alicyclic amines) is 1. The second kappa shape index (κ2) is 8.04. The van der Waals surface area contributed by atoms with Crippen molar-refractivity contribution in [1.82, 2.24) is 10.2 Å². The molecule has 0 aromatic heterocycles. The summed E-state index contributed by atoms with van der Waals surface area (Å²) in [7, 11) is 1.32. The third-order valence-electron chi connectivity index (χ3n) is 4.64. The third kappa shape index (κ3) is 4.62. The largest absolute Gasteiger partial charge is 0.480 e. The van der Waals surface area contributed by atoms with Gasteiger partial charge in [-0.2, -0.15) is 0 Å². The summed E-state index contributed by atoms with van der Waals surface area (Å²) in [6.45, 7) is 5.79. The highest BCUT2D eigenvalue weighted by Crippen LogP contribution is 2.38. The molecule has 2 aliphatic heterocycles. The minimum atomic E-state index is -1.05. The number of carbonyl (C=O) groups is 3. The van der Waals surface area contributed by atoms with Crippen LogP contribution in [0.4, 0.5) is 4.79 Å². The molecule has 0 bridgehead atoms. The van der Waals surface area contributed by atoms with Gasteiger partial charge in [0, 0.05) is 12.3 Å². The van der Waals surface area contributed by atoms with Crippen LogP contribution < -0.4 is 5.32 Å². The zero-order valence-electron chi connectivity index (χ0n) is 15.7. The molecule has 26 heavy (non-hydrogen) atoms. The average molecular weight is 388 g/mol. The monoisotopic (exact) mass is 388 g/mol. The zero-order valence-corrected chi connectivity index (χ0v) is 16.6. The molecule has 148 valence electrons. The number of carbonyl (C=O) groups excluding carboxylic acids is 2. The fourth-order valence-corrected chi connectivity index (χ4v) is 4.65. The summed E-state index contributed by atoms with van der Waals surface area (Å²) in [6.07, 6.45) is 1.64. The summed E-state index contributed by atoms with van der Waals surface area (Å²) in [5.41, 5.74) is -1.71. The van der Waals surface area contributed by atoms with Crippen LogP contribution in [0.25, 0.3) is 0 Å². The number of carboxylic acids is 1. The maximum atomic E-state index is 12.6. The molecule has 2 heterocycles.